The topological polar surface area (TPSA) is 52.7 Å². The van der Waals surface area contributed by atoms with Crippen molar-refractivity contribution >= 4 is 23.2 Å². The van der Waals surface area contributed by atoms with Crippen LogP contribution in [0.5, 0.6) is 0 Å². The van der Waals surface area contributed by atoms with Gasteiger partial charge in [-0.15, -0.1) is 0 Å². The molecule has 2 heterocycles. The van der Waals surface area contributed by atoms with Gasteiger partial charge in [0.05, 0.1) is 11.3 Å². The van der Waals surface area contributed by atoms with Gasteiger partial charge in [0, 0.05) is 24.3 Å². The summed E-state index contributed by atoms with van der Waals surface area (Å²) in [6.07, 6.45) is 0. The molecule has 5 heteroatoms. The van der Waals surface area contributed by atoms with E-state index in [2.05, 4.69) is 5.32 Å². The summed E-state index contributed by atoms with van der Waals surface area (Å²) in [5.41, 5.74) is 2.63. The molecule has 0 saturated heterocycles. The van der Waals surface area contributed by atoms with Gasteiger partial charge in [-0.05, 0) is 30.7 Å². The van der Waals surface area contributed by atoms with Gasteiger partial charge in [0.2, 0.25) is 5.66 Å². The van der Waals surface area contributed by atoms with Crippen LogP contribution in [0, 0.1) is 0 Å². The highest BCUT2D eigenvalue weighted by molar-refractivity contribution is 6.15. The van der Waals surface area contributed by atoms with Crippen molar-refractivity contribution < 1.29 is 9.59 Å². The molecular formula is C24H21N3O2. The van der Waals surface area contributed by atoms with Crippen molar-refractivity contribution in [1.82, 2.24) is 4.90 Å². The summed E-state index contributed by atoms with van der Waals surface area (Å²) in [5.74, 6) is -0.274. The van der Waals surface area contributed by atoms with Gasteiger partial charge in [-0.25, -0.2) is 0 Å². The number of rotatable bonds is 3. The van der Waals surface area contributed by atoms with Gasteiger partial charge in [0.25, 0.3) is 11.8 Å². The van der Waals surface area contributed by atoms with Crippen LogP contribution in [0.3, 0.4) is 0 Å². The maximum absolute atomic E-state index is 13.8. The molecule has 5 nitrogen and oxygen atoms in total. The molecule has 0 radical (unpaired) electrons. The molecule has 144 valence electrons. The Labute approximate surface area is 169 Å². The third-order valence-corrected chi connectivity index (χ3v) is 5.76. The van der Waals surface area contributed by atoms with Crippen molar-refractivity contribution in [2.75, 3.05) is 16.8 Å². The molecule has 1 spiro atoms. The van der Waals surface area contributed by atoms with Gasteiger partial charge >= 0.3 is 0 Å². The number of hydrogen-bond donors (Lipinski definition) is 1. The number of hydrogen-bond acceptors (Lipinski definition) is 3. The number of benzene rings is 3. The number of carbonyl (C=O) groups excluding carboxylic acids is 2. The number of nitrogens with zero attached hydrogens (tertiary/aromatic N) is 2. The fraction of sp³-hybridized carbons (Fsp3) is 0.167. The lowest BCUT2D eigenvalue weighted by Crippen LogP contribution is -2.62. The summed E-state index contributed by atoms with van der Waals surface area (Å²) < 4.78 is 0. The monoisotopic (exact) mass is 383 g/mol. The van der Waals surface area contributed by atoms with Crippen molar-refractivity contribution in [2.45, 2.75) is 19.1 Å². The van der Waals surface area contributed by atoms with E-state index in [4.69, 9.17) is 0 Å². The first kappa shape index (κ1) is 17.5. The first-order valence-corrected chi connectivity index (χ1v) is 9.81. The van der Waals surface area contributed by atoms with E-state index in [0.717, 1.165) is 16.8 Å². The van der Waals surface area contributed by atoms with E-state index >= 15 is 0 Å². The van der Waals surface area contributed by atoms with Crippen molar-refractivity contribution in [3.63, 3.8) is 0 Å². The second-order valence-electron chi connectivity index (χ2n) is 7.32. The molecule has 1 N–H and O–H groups in total. The van der Waals surface area contributed by atoms with Crippen LogP contribution < -0.4 is 10.2 Å². The van der Waals surface area contributed by atoms with Crippen LogP contribution in [-0.4, -0.2) is 23.3 Å². The summed E-state index contributed by atoms with van der Waals surface area (Å²) in [6, 6.07) is 24.9. The lowest BCUT2D eigenvalue weighted by atomic mass is 9.92. The molecule has 29 heavy (non-hydrogen) atoms. The van der Waals surface area contributed by atoms with Crippen molar-refractivity contribution in [3.05, 3.63) is 95.6 Å². The summed E-state index contributed by atoms with van der Waals surface area (Å²) in [7, 11) is 0. The van der Waals surface area contributed by atoms with Gasteiger partial charge < -0.3 is 10.2 Å². The Morgan fingerprint density at radius 2 is 1.55 bits per heavy atom. The Morgan fingerprint density at radius 3 is 2.34 bits per heavy atom. The van der Waals surface area contributed by atoms with Crippen LogP contribution in [0.2, 0.25) is 0 Å². The molecule has 1 atom stereocenters. The maximum atomic E-state index is 13.8. The lowest BCUT2D eigenvalue weighted by Gasteiger charge is -2.45. The first-order valence-electron chi connectivity index (χ1n) is 9.81. The minimum atomic E-state index is -1.26. The highest BCUT2D eigenvalue weighted by Crippen LogP contribution is 2.48. The fourth-order valence-corrected chi connectivity index (χ4v) is 4.43. The van der Waals surface area contributed by atoms with E-state index in [1.165, 1.54) is 0 Å². The molecule has 0 aromatic heterocycles. The Hall–Kier alpha value is -3.60. The van der Waals surface area contributed by atoms with Crippen LogP contribution >= 0.6 is 0 Å². The normalized spacial score (nSPS) is 19.9. The fourth-order valence-electron chi connectivity index (χ4n) is 4.43. The maximum Gasteiger partial charge on any atom is 0.278 e. The Kier molecular flexibility index (Phi) is 3.91. The zero-order valence-electron chi connectivity index (χ0n) is 16.1. The summed E-state index contributed by atoms with van der Waals surface area (Å²) in [5, 5.41) is 3.46. The molecule has 0 fully saturated rings. The largest absolute Gasteiger partial charge is 0.350 e. The van der Waals surface area contributed by atoms with E-state index in [1.807, 2.05) is 79.7 Å². The standard InChI is InChI=1S/C24H21N3O2/c1-2-26-21-15-9-7-13-19(21)24(23(26)29)25-20-14-8-6-12-18(20)22(28)27(24)16-17-10-4-3-5-11-17/h3-15,25H,2,16H2,1H3/t24-/m0/s1. The van der Waals surface area contributed by atoms with Crippen LogP contribution in [0.15, 0.2) is 78.9 Å². The summed E-state index contributed by atoms with van der Waals surface area (Å²) in [6.45, 7) is 2.82. The molecule has 2 amide bonds. The number of amides is 2. The zero-order chi connectivity index (χ0) is 20.0. The third kappa shape index (κ3) is 2.40. The molecule has 0 unspecified atom stereocenters. The predicted octanol–water partition coefficient (Wildman–Crippen LogP) is 3.97. The molecule has 2 aliphatic rings. The first-order chi connectivity index (χ1) is 14.2. The second-order valence-corrected chi connectivity index (χ2v) is 7.32. The van der Waals surface area contributed by atoms with E-state index in [1.54, 1.807) is 15.9 Å². The Morgan fingerprint density at radius 1 is 0.862 bits per heavy atom. The van der Waals surface area contributed by atoms with E-state index in [0.29, 0.717) is 24.3 Å². The van der Waals surface area contributed by atoms with Gasteiger partial charge in [-0.3, -0.25) is 14.5 Å². The minimum absolute atomic E-state index is 0.125. The van der Waals surface area contributed by atoms with Gasteiger partial charge in [-0.2, -0.15) is 0 Å². The number of likely N-dealkylation sites (N-methyl/N-ethyl adjacent to an activating group) is 1. The number of fused-ring (bicyclic) bond motifs is 3. The van der Waals surface area contributed by atoms with Gasteiger partial charge in [0.1, 0.15) is 0 Å². The van der Waals surface area contributed by atoms with Crippen molar-refractivity contribution in [2.24, 2.45) is 0 Å². The number of anilines is 2. The molecular weight excluding hydrogens is 362 g/mol. The minimum Gasteiger partial charge on any atom is -0.350 e. The van der Waals surface area contributed by atoms with E-state index in [9.17, 15) is 9.59 Å². The number of carbonyl (C=O) groups is 2. The molecule has 2 aliphatic heterocycles. The number of para-hydroxylation sites is 2. The average Bonchev–Trinajstić information content (AvgIpc) is 3.00. The molecule has 3 aromatic rings. The lowest BCUT2D eigenvalue weighted by molar-refractivity contribution is -0.127. The summed E-state index contributed by atoms with van der Waals surface area (Å²) >= 11 is 0. The van der Waals surface area contributed by atoms with Crippen molar-refractivity contribution in [3.8, 4) is 0 Å². The van der Waals surface area contributed by atoms with Crippen LogP contribution in [0.4, 0.5) is 11.4 Å². The Bertz CT molecular complexity index is 1110. The number of nitrogens with one attached hydrogen (secondary N) is 1. The smallest absolute Gasteiger partial charge is 0.278 e. The Balaban J connectivity index is 1.75. The second kappa shape index (κ2) is 6.48. The highest BCUT2D eigenvalue weighted by atomic mass is 16.2. The predicted molar refractivity (Wildman–Crippen MR) is 113 cm³/mol. The van der Waals surface area contributed by atoms with Gasteiger partial charge in [0.15, 0.2) is 0 Å². The van der Waals surface area contributed by atoms with Crippen LogP contribution in [-0.2, 0) is 17.0 Å². The van der Waals surface area contributed by atoms with Crippen LogP contribution in [0.25, 0.3) is 0 Å². The van der Waals surface area contributed by atoms with E-state index < -0.39 is 5.66 Å². The average molecular weight is 383 g/mol. The molecule has 0 aliphatic carbocycles. The SMILES string of the molecule is CCN1C(=O)[C@]2(Nc3ccccc3C(=O)N2Cc2ccccc2)c2ccccc21. The quantitative estimate of drug-likeness (QED) is 0.745. The zero-order valence-corrected chi connectivity index (χ0v) is 16.1. The van der Waals surface area contributed by atoms with Gasteiger partial charge in [-0.1, -0.05) is 60.7 Å². The van der Waals surface area contributed by atoms with E-state index in [-0.39, 0.29) is 11.8 Å². The molecule has 5 rings (SSSR count). The van der Waals surface area contributed by atoms with Crippen molar-refractivity contribution in [1.29, 1.82) is 0 Å². The third-order valence-electron chi connectivity index (χ3n) is 5.76. The molecule has 0 bridgehead atoms. The molecule has 0 saturated carbocycles. The highest BCUT2D eigenvalue weighted by Gasteiger charge is 2.58. The summed E-state index contributed by atoms with van der Waals surface area (Å²) in [4.78, 5) is 30.9. The van der Waals surface area contributed by atoms with Crippen LogP contribution in [0.1, 0.15) is 28.4 Å². The molecule has 3 aromatic carbocycles.